The number of ether oxygens (including phenoxy) is 1. The zero-order valence-electron chi connectivity index (χ0n) is 12.7. The molecule has 1 N–H and O–H groups in total. The lowest BCUT2D eigenvalue weighted by Crippen LogP contribution is -2.18. The van der Waals surface area contributed by atoms with Crippen molar-refractivity contribution in [2.45, 2.75) is 20.0 Å². The fourth-order valence-corrected chi connectivity index (χ4v) is 2.30. The van der Waals surface area contributed by atoms with Gasteiger partial charge in [-0.3, -0.25) is 4.79 Å². The van der Waals surface area contributed by atoms with Crippen molar-refractivity contribution in [1.29, 1.82) is 0 Å². The van der Waals surface area contributed by atoms with E-state index in [9.17, 15) is 4.79 Å². The van der Waals surface area contributed by atoms with Crippen LogP contribution in [0.4, 0.5) is 0 Å². The summed E-state index contributed by atoms with van der Waals surface area (Å²) in [4.78, 5) is 12.0. The second-order valence-electron chi connectivity index (χ2n) is 5.06. The molecule has 23 heavy (non-hydrogen) atoms. The van der Waals surface area contributed by atoms with Crippen molar-refractivity contribution in [2.75, 3.05) is 0 Å². The van der Waals surface area contributed by atoms with Crippen LogP contribution >= 0.6 is 23.2 Å². The van der Waals surface area contributed by atoms with Gasteiger partial charge in [-0.1, -0.05) is 23.2 Å². The van der Waals surface area contributed by atoms with Gasteiger partial charge in [-0.2, -0.15) is 5.10 Å². The number of hydrazone groups is 1. The van der Waals surface area contributed by atoms with Crippen molar-refractivity contribution < 1.29 is 9.53 Å². The number of hydrogen-bond acceptors (Lipinski definition) is 3. The van der Waals surface area contributed by atoms with E-state index in [1.54, 1.807) is 18.3 Å². The molecule has 0 bridgehead atoms. The van der Waals surface area contributed by atoms with Crippen LogP contribution in [0.15, 0.2) is 47.6 Å². The maximum absolute atomic E-state index is 12.0. The fourth-order valence-electron chi connectivity index (χ4n) is 1.80. The lowest BCUT2D eigenvalue weighted by atomic mass is 10.2. The minimum Gasteiger partial charge on any atom is -0.491 e. The monoisotopic (exact) mass is 350 g/mol. The van der Waals surface area contributed by atoms with Gasteiger partial charge in [0.15, 0.2) is 0 Å². The van der Waals surface area contributed by atoms with E-state index in [-0.39, 0.29) is 11.1 Å². The molecule has 0 saturated heterocycles. The Morgan fingerprint density at radius 3 is 2.48 bits per heavy atom. The molecule has 0 unspecified atom stereocenters. The molecule has 120 valence electrons. The Kier molecular flexibility index (Phi) is 6.02. The zero-order valence-corrected chi connectivity index (χ0v) is 14.2. The molecule has 2 rings (SSSR count). The predicted molar refractivity (Wildman–Crippen MR) is 93.7 cm³/mol. The summed E-state index contributed by atoms with van der Waals surface area (Å²) in [6.45, 7) is 3.93. The summed E-state index contributed by atoms with van der Waals surface area (Å²) in [6, 6.07) is 12.0. The first-order valence-electron chi connectivity index (χ1n) is 7.01. The smallest absolute Gasteiger partial charge is 0.272 e. The molecular weight excluding hydrogens is 335 g/mol. The number of carbonyl (C=O) groups is 1. The average molecular weight is 351 g/mol. The van der Waals surface area contributed by atoms with Crippen LogP contribution in [0.5, 0.6) is 5.75 Å². The summed E-state index contributed by atoms with van der Waals surface area (Å²) in [7, 11) is 0. The first-order valence-corrected chi connectivity index (χ1v) is 7.76. The summed E-state index contributed by atoms with van der Waals surface area (Å²) in [5.41, 5.74) is 3.58. The highest BCUT2D eigenvalue weighted by atomic mass is 35.5. The van der Waals surface area contributed by atoms with Crippen molar-refractivity contribution >= 4 is 35.3 Å². The molecule has 0 aliphatic rings. The van der Waals surface area contributed by atoms with E-state index >= 15 is 0 Å². The SMILES string of the molecule is CC(C)Oc1ccc(/C=N\NC(=O)c2ccc(Cl)cc2Cl)cc1. The first kappa shape index (κ1) is 17.3. The number of amides is 1. The third kappa shape index (κ3) is 5.27. The van der Waals surface area contributed by atoms with Crippen LogP contribution in [0.1, 0.15) is 29.8 Å². The molecule has 6 heteroatoms. The number of carbonyl (C=O) groups excluding carboxylic acids is 1. The molecule has 0 fully saturated rings. The topological polar surface area (TPSA) is 50.7 Å². The van der Waals surface area contributed by atoms with Gasteiger partial charge in [0, 0.05) is 5.02 Å². The Morgan fingerprint density at radius 2 is 1.87 bits per heavy atom. The van der Waals surface area contributed by atoms with Crippen LogP contribution in [0.25, 0.3) is 0 Å². The van der Waals surface area contributed by atoms with Crippen molar-refractivity contribution in [3.8, 4) is 5.75 Å². The third-order valence-electron chi connectivity index (χ3n) is 2.81. The van der Waals surface area contributed by atoms with E-state index in [4.69, 9.17) is 27.9 Å². The Labute approximate surface area is 145 Å². The highest BCUT2D eigenvalue weighted by Crippen LogP contribution is 2.20. The van der Waals surface area contributed by atoms with Crippen molar-refractivity contribution in [3.05, 3.63) is 63.6 Å². The highest BCUT2D eigenvalue weighted by Gasteiger charge is 2.09. The quantitative estimate of drug-likeness (QED) is 0.635. The van der Waals surface area contributed by atoms with Crippen LogP contribution in [-0.2, 0) is 0 Å². The highest BCUT2D eigenvalue weighted by molar-refractivity contribution is 6.36. The Morgan fingerprint density at radius 1 is 1.17 bits per heavy atom. The molecule has 0 spiro atoms. The van der Waals surface area contributed by atoms with Gasteiger partial charge in [0.05, 0.1) is 22.9 Å². The van der Waals surface area contributed by atoms with Gasteiger partial charge in [-0.15, -0.1) is 0 Å². The van der Waals surface area contributed by atoms with E-state index < -0.39 is 5.91 Å². The molecule has 2 aromatic carbocycles. The number of benzene rings is 2. The van der Waals surface area contributed by atoms with Gasteiger partial charge in [-0.05, 0) is 61.9 Å². The van der Waals surface area contributed by atoms with Crippen LogP contribution < -0.4 is 10.2 Å². The number of rotatable bonds is 5. The summed E-state index contributed by atoms with van der Waals surface area (Å²) in [5, 5.41) is 4.66. The lowest BCUT2D eigenvalue weighted by molar-refractivity contribution is 0.0955. The Balaban J connectivity index is 1.97. The molecule has 2 aromatic rings. The van der Waals surface area contributed by atoms with Crippen molar-refractivity contribution in [3.63, 3.8) is 0 Å². The van der Waals surface area contributed by atoms with Crippen LogP contribution in [0, 0.1) is 0 Å². The molecule has 1 amide bonds. The Bertz CT molecular complexity index is 713. The van der Waals surface area contributed by atoms with E-state index in [1.807, 2.05) is 38.1 Å². The number of halogens is 2. The van der Waals surface area contributed by atoms with E-state index in [0.717, 1.165) is 11.3 Å². The minimum absolute atomic E-state index is 0.123. The van der Waals surface area contributed by atoms with Gasteiger partial charge in [-0.25, -0.2) is 5.43 Å². The maximum atomic E-state index is 12.0. The average Bonchev–Trinajstić information content (AvgIpc) is 2.48. The van der Waals surface area contributed by atoms with Gasteiger partial charge < -0.3 is 4.74 Å². The molecule has 0 saturated carbocycles. The largest absolute Gasteiger partial charge is 0.491 e. The summed E-state index contributed by atoms with van der Waals surface area (Å²) in [5.74, 6) is 0.386. The summed E-state index contributed by atoms with van der Waals surface area (Å²) < 4.78 is 5.55. The Hall–Kier alpha value is -2.04. The maximum Gasteiger partial charge on any atom is 0.272 e. The zero-order chi connectivity index (χ0) is 16.8. The van der Waals surface area contributed by atoms with Crippen molar-refractivity contribution in [1.82, 2.24) is 5.43 Å². The van der Waals surface area contributed by atoms with E-state index in [0.29, 0.717) is 10.6 Å². The third-order valence-corrected chi connectivity index (χ3v) is 3.36. The summed E-state index contributed by atoms with van der Waals surface area (Å²) in [6.07, 6.45) is 1.67. The van der Waals surface area contributed by atoms with E-state index in [2.05, 4.69) is 10.5 Å². The number of nitrogens with one attached hydrogen (secondary N) is 1. The van der Waals surface area contributed by atoms with Crippen LogP contribution in [0.3, 0.4) is 0 Å². The molecule has 0 heterocycles. The lowest BCUT2D eigenvalue weighted by Gasteiger charge is -2.09. The molecular formula is C17H16Cl2N2O2. The van der Waals surface area contributed by atoms with Gasteiger partial charge in [0.25, 0.3) is 5.91 Å². The second kappa shape index (κ2) is 7.99. The van der Waals surface area contributed by atoms with Crippen LogP contribution in [-0.4, -0.2) is 18.2 Å². The van der Waals surface area contributed by atoms with Gasteiger partial charge in [0.1, 0.15) is 5.75 Å². The number of nitrogens with zero attached hydrogens (tertiary/aromatic N) is 1. The van der Waals surface area contributed by atoms with E-state index in [1.165, 1.54) is 6.07 Å². The standard InChI is InChI=1S/C17H16Cl2N2O2/c1-11(2)23-14-6-3-12(4-7-14)10-20-21-17(22)15-8-5-13(18)9-16(15)19/h3-11H,1-2H3,(H,21,22)/b20-10-. The molecule has 4 nitrogen and oxygen atoms in total. The molecule has 0 radical (unpaired) electrons. The summed E-state index contributed by atoms with van der Waals surface area (Å²) >= 11 is 11.8. The second-order valence-corrected chi connectivity index (χ2v) is 5.90. The van der Waals surface area contributed by atoms with Crippen LogP contribution in [0.2, 0.25) is 10.0 Å². The molecule has 0 atom stereocenters. The fraction of sp³-hybridized carbons (Fsp3) is 0.176. The first-order chi connectivity index (χ1) is 11.0. The molecule has 0 aliphatic carbocycles. The molecule has 0 aromatic heterocycles. The minimum atomic E-state index is -0.400. The number of hydrogen-bond donors (Lipinski definition) is 1. The van der Waals surface area contributed by atoms with Crippen molar-refractivity contribution in [2.24, 2.45) is 5.10 Å². The van der Waals surface area contributed by atoms with Gasteiger partial charge >= 0.3 is 0 Å². The normalized spacial score (nSPS) is 11.0. The van der Waals surface area contributed by atoms with Gasteiger partial charge in [0.2, 0.25) is 0 Å². The predicted octanol–water partition coefficient (Wildman–Crippen LogP) is 4.54. The molecule has 0 aliphatic heterocycles.